The zero-order chi connectivity index (χ0) is 31.0. The average molecular weight is 602 g/mol. The number of rotatable bonds is 14. The first-order valence-corrected chi connectivity index (χ1v) is 13.8. The van der Waals surface area contributed by atoms with Gasteiger partial charge in [-0.05, 0) is 69.4 Å². The number of nitrogens with zero attached hydrogens (tertiary/aromatic N) is 2. The smallest absolute Gasteiger partial charge is 0.550 e. The van der Waals surface area contributed by atoms with Crippen LogP contribution >= 0.6 is 0 Å². The van der Waals surface area contributed by atoms with Gasteiger partial charge in [-0.3, -0.25) is 14.6 Å². The van der Waals surface area contributed by atoms with Crippen molar-refractivity contribution in [2.45, 2.75) is 64.7 Å². The van der Waals surface area contributed by atoms with Gasteiger partial charge in [-0.25, -0.2) is 10.2 Å². The zero-order valence-corrected chi connectivity index (χ0v) is 27.0. The Morgan fingerprint density at radius 3 is 2.16 bits per heavy atom. The second kappa shape index (κ2) is 16.7. The molecule has 0 saturated heterocycles. The minimum absolute atomic E-state index is 0. The van der Waals surface area contributed by atoms with Crippen LogP contribution in [0, 0.1) is 5.82 Å². The molecular weight excluding hydrogens is 564 g/mol. The molecule has 1 amide bonds. The molecule has 4 N–H and O–H groups in total. The normalized spacial score (nSPS) is 12.7. The third-order valence-corrected chi connectivity index (χ3v) is 6.80. The number of hydrogen-bond acceptors (Lipinski definition) is 7. The summed E-state index contributed by atoms with van der Waals surface area (Å²) in [4.78, 5) is 36.3. The maximum absolute atomic E-state index is 14.0. The first kappa shape index (κ1) is 36.1. The summed E-state index contributed by atoms with van der Waals surface area (Å²) in [5.41, 5.74) is 3.57. The monoisotopic (exact) mass is 601 g/mol. The third kappa shape index (κ3) is 9.69. The summed E-state index contributed by atoms with van der Waals surface area (Å²) in [6, 6.07) is 14.9. The average Bonchev–Trinajstić information content (AvgIpc) is 3.27. The first-order valence-electron chi connectivity index (χ1n) is 13.8. The summed E-state index contributed by atoms with van der Waals surface area (Å²) in [5.74, 6) is 3.69. The maximum atomic E-state index is 14.0. The summed E-state index contributed by atoms with van der Waals surface area (Å²) in [5, 5.41) is 32.6. The molecule has 0 aliphatic heterocycles. The number of benzene rings is 2. The van der Waals surface area contributed by atoms with Crippen LogP contribution in [-0.2, 0) is 16.0 Å². The molecular formula is C32H37FN3NaO6. The number of carboxylic acids is 1. The van der Waals surface area contributed by atoms with Gasteiger partial charge >= 0.3 is 29.6 Å². The van der Waals surface area contributed by atoms with Gasteiger partial charge in [-0.1, -0.05) is 48.5 Å². The molecule has 1 heterocycles. The Morgan fingerprint density at radius 2 is 1.60 bits per heavy atom. The largest absolute Gasteiger partial charge is 1.00 e. The molecule has 0 radical (unpaired) electrons. The van der Waals surface area contributed by atoms with Crippen molar-refractivity contribution >= 4 is 17.7 Å². The Balaban J connectivity index is 0.00000645. The Kier molecular flexibility index (Phi) is 14.0. The summed E-state index contributed by atoms with van der Waals surface area (Å²) in [7, 11) is 0. The predicted octanol–water partition coefficient (Wildman–Crippen LogP) is 0.192. The van der Waals surface area contributed by atoms with E-state index in [1.807, 2.05) is 48.7 Å². The second-order valence-corrected chi connectivity index (χ2v) is 10.5. The number of halogens is 1. The fourth-order valence-corrected chi connectivity index (χ4v) is 5.04. The van der Waals surface area contributed by atoms with E-state index in [0.29, 0.717) is 22.4 Å². The van der Waals surface area contributed by atoms with Crippen LogP contribution in [0.25, 0.3) is 22.3 Å². The van der Waals surface area contributed by atoms with Crippen LogP contribution in [-0.4, -0.2) is 56.2 Å². The van der Waals surface area contributed by atoms with Gasteiger partial charge in [0.15, 0.2) is 5.78 Å². The van der Waals surface area contributed by atoms with E-state index in [9.17, 15) is 34.1 Å². The second-order valence-electron chi connectivity index (χ2n) is 10.5. The van der Waals surface area contributed by atoms with Crippen molar-refractivity contribution in [2.24, 2.45) is 5.84 Å². The number of aliphatic carboxylic acids is 1. The fourth-order valence-electron chi connectivity index (χ4n) is 5.04. The van der Waals surface area contributed by atoms with E-state index in [1.54, 1.807) is 12.1 Å². The molecule has 0 aliphatic rings. The fraction of sp³-hybridized carbons (Fsp3) is 0.344. The Bertz CT molecular complexity index is 1420. The van der Waals surface area contributed by atoms with E-state index in [0.717, 1.165) is 10.6 Å². The molecule has 3 aromatic rings. The molecule has 0 bridgehead atoms. The van der Waals surface area contributed by atoms with Crippen molar-refractivity contribution in [3.05, 3.63) is 84.0 Å². The number of aliphatic hydroxyl groups is 2. The van der Waals surface area contributed by atoms with Gasteiger partial charge < -0.3 is 24.7 Å². The van der Waals surface area contributed by atoms with Crippen LogP contribution in [0.2, 0.25) is 0 Å². The first-order chi connectivity index (χ1) is 19.9. The molecule has 1 aromatic heterocycles. The van der Waals surface area contributed by atoms with Crippen molar-refractivity contribution in [1.29, 1.82) is 0 Å². The van der Waals surface area contributed by atoms with Crippen molar-refractivity contribution < 1.29 is 63.7 Å². The van der Waals surface area contributed by atoms with Crippen LogP contribution in [0.4, 0.5) is 4.39 Å². The SMILES string of the molecule is CC(=O)C=CCN(N)C(=O)c1c(-c2ccccc2)c(-c2ccc(F)cc2)c(CC[C@@H](O)C[C@@H](O)CC(=O)[O-])n1C(C)C.[Na+]. The number of ketones is 1. The number of amides is 1. The molecule has 2 atom stereocenters. The van der Waals surface area contributed by atoms with Gasteiger partial charge in [0, 0.05) is 35.3 Å². The molecule has 224 valence electrons. The van der Waals surface area contributed by atoms with Gasteiger partial charge in [0.25, 0.3) is 5.91 Å². The Hall–Kier alpha value is -3.12. The van der Waals surface area contributed by atoms with Crippen LogP contribution in [0.5, 0.6) is 0 Å². The van der Waals surface area contributed by atoms with E-state index in [-0.39, 0.29) is 72.9 Å². The number of nitrogens with two attached hydrogens (primary N) is 1. The van der Waals surface area contributed by atoms with Crippen molar-refractivity contribution in [2.75, 3.05) is 6.54 Å². The molecule has 2 aromatic carbocycles. The molecule has 0 aliphatic carbocycles. The number of allylic oxidation sites excluding steroid dienone is 1. The number of carboxylic acid groups (broad SMARTS) is 1. The van der Waals surface area contributed by atoms with Crippen LogP contribution < -0.4 is 40.5 Å². The molecule has 0 spiro atoms. The summed E-state index contributed by atoms with van der Waals surface area (Å²) < 4.78 is 15.8. The van der Waals surface area contributed by atoms with E-state index < -0.39 is 36.3 Å². The standard InChI is InChI=1S/C32H38FN3O6.Na/c1-20(2)36-27(16-15-25(38)18-26(39)19-28(40)41)29(23-11-13-24(33)14-12-23)30(22-9-5-4-6-10-22)31(36)32(42)35(34)17-7-8-21(3)37;/h4-14,20,25-26,38-39H,15-19,34H2,1-3H3,(H,40,41);/q;+1/p-1/t25-,26-;/m1./s1. The van der Waals surface area contributed by atoms with Crippen molar-refractivity contribution in [1.82, 2.24) is 9.58 Å². The molecule has 0 saturated carbocycles. The zero-order valence-electron chi connectivity index (χ0n) is 25.0. The van der Waals surface area contributed by atoms with Crippen LogP contribution in [0.3, 0.4) is 0 Å². The van der Waals surface area contributed by atoms with Crippen LogP contribution in [0.15, 0.2) is 66.7 Å². The molecule has 0 unspecified atom stereocenters. The number of hydrazine groups is 1. The number of aromatic nitrogens is 1. The third-order valence-electron chi connectivity index (χ3n) is 6.80. The predicted molar refractivity (Wildman–Crippen MR) is 155 cm³/mol. The summed E-state index contributed by atoms with van der Waals surface area (Å²) in [6.07, 6.45) is 0.137. The van der Waals surface area contributed by atoms with E-state index >= 15 is 0 Å². The molecule has 0 fully saturated rings. The Morgan fingerprint density at radius 1 is 1.00 bits per heavy atom. The molecule has 3 rings (SSSR count). The number of aliphatic hydroxyl groups excluding tert-OH is 2. The van der Waals surface area contributed by atoms with E-state index in [4.69, 9.17) is 5.84 Å². The van der Waals surface area contributed by atoms with E-state index in [2.05, 4.69) is 0 Å². The maximum Gasteiger partial charge on any atom is 1.00 e. The van der Waals surface area contributed by atoms with Gasteiger partial charge in [-0.2, -0.15) is 0 Å². The molecule has 9 nitrogen and oxygen atoms in total. The van der Waals surface area contributed by atoms with Gasteiger partial charge in [0.05, 0.1) is 18.8 Å². The Labute approximate surface area is 273 Å². The number of hydrogen-bond donors (Lipinski definition) is 3. The van der Waals surface area contributed by atoms with Gasteiger partial charge in [0.2, 0.25) is 0 Å². The van der Waals surface area contributed by atoms with Crippen LogP contribution in [0.1, 0.15) is 62.3 Å². The minimum Gasteiger partial charge on any atom is -0.550 e. The molecule has 11 heteroatoms. The summed E-state index contributed by atoms with van der Waals surface area (Å²) in [6.45, 7) is 5.18. The number of carbonyl (C=O) groups excluding carboxylic acids is 3. The summed E-state index contributed by atoms with van der Waals surface area (Å²) >= 11 is 0. The topological polar surface area (TPSA) is 149 Å². The minimum atomic E-state index is -1.41. The molecule has 43 heavy (non-hydrogen) atoms. The van der Waals surface area contributed by atoms with Crippen molar-refractivity contribution in [3.63, 3.8) is 0 Å². The number of carbonyl (C=O) groups is 3. The van der Waals surface area contributed by atoms with Crippen molar-refractivity contribution in [3.8, 4) is 22.3 Å². The quantitative estimate of drug-likeness (QED) is 0.0786. The van der Waals surface area contributed by atoms with Gasteiger partial charge in [-0.15, -0.1) is 0 Å². The van der Waals surface area contributed by atoms with Gasteiger partial charge in [0.1, 0.15) is 11.5 Å². The van der Waals surface area contributed by atoms with E-state index in [1.165, 1.54) is 31.2 Å².